The van der Waals surface area contributed by atoms with Crippen molar-refractivity contribution in [2.75, 3.05) is 4.90 Å². The summed E-state index contributed by atoms with van der Waals surface area (Å²) in [4.78, 5) is 20.3. The lowest BCUT2D eigenvalue weighted by Crippen LogP contribution is -2.42. The number of anilines is 1. The number of hydrogen-bond donors (Lipinski definition) is 1. The minimum Gasteiger partial charge on any atom is -0.439 e. The van der Waals surface area contributed by atoms with Gasteiger partial charge in [-0.3, -0.25) is 9.69 Å². The number of nitriles is 2. The van der Waals surface area contributed by atoms with Gasteiger partial charge < -0.3 is 10.5 Å². The molecule has 0 fully saturated rings. The maximum atomic E-state index is 14.4. The standard InChI is InChI=1S/C34H25F2N5O2/c1-34(2)15-28-31(29(42)16-34)30(24(18-38)32(39)41(28)21-9-12-25(35)26(36)14-21)23-13-20-5-3-4-6-27(20)40-33(23)43-22-10-7-19(17-37)8-11-22/h3-14,30H,15-16,39H2,1-2H3. The fourth-order valence-corrected chi connectivity index (χ4v) is 5.85. The number of carbonyl (C=O) groups excluding carboxylic acids is 1. The first kappa shape index (κ1) is 27.6. The third kappa shape index (κ3) is 4.85. The molecular weight excluding hydrogens is 548 g/mol. The van der Waals surface area contributed by atoms with Crippen molar-refractivity contribution in [2.24, 2.45) is 11.1 Å². The molecule has 0 amide bonds. The summed E-state index contributed by atoms with van der Waals surface area (Å²) < 4.78 is 34.6. The molecule has 1 aliphatic carbocycles. The number of para-hydroxylation sites is 1. The first-order valence-corrected chi connectivity index (χ1v) is 13.6. The van der Waals surface area contributed by atoms with Crippen LogP contribution in [0.15, 0.2) is 95.5 Å². The van der Waals surface area contributed by atoms with Crippen molar-refractivity contribution < 1.29 is 18.3 Å². The molecule has 1 aliphatic heterocycles. The van der Waals surface area contributed by atoms with E-state index in [4.69, 9.17) is 15.5 Å². The molecule has 0 spiro atoms. The maximum absolute atomic E-state index is 14.4. The molecule has 4 aromatic rings. The third-order valence-corrected chi connectivity index (χ3v) is 7.77. The van der Waals surface area contributed by atoms with Gasteiger partial charge in [-0.1, -0.05) is 32.0 Å². The van der Waals surface area contributed by atoms with Gasteiger partial charge in [0.1, 0.15) is 11.6 Å². The van der Waals surface area contributed by atoms with Crippen LogP contribution in [0.25, 0.3) is 10.9 Å². The molecule has 0 saturated heterocycles. The Morgan fingerprint density at radius 1 is 0.977 bits per heavy atom. The van der Waals surface area contributed by atoms with Gasteiger partial charge in [0.05, 0.1) is 40.4 Å². The highest BCUT2D eigenvalue weighted by atomic mass is 19.2. The zero-order valence-corrected chi connectivity index (χ0v) is 23.4. The van der Waals surface area contributed by atoms with Crippen LogP contribution in [0.4, 0.5) is 14.5 Å². The second-order valence-corrected chi connectivity index (χ2v) is 11.4. The molecule has 3 aromatic carbocycles. The Hall–Kier alpha value is -5.54. The van der Waals surface area contributed by atoms with E-state index in [0.717, 1.165) is 17.5 Å². The molecule has 9 heteroatoms. The van der Waals surface area contributed by atoms with E-state index in [1.807, 2.05) is 44.2 Å². The Morgan fingerprint density at radius 2 is 1.72 bits per heavy atom. The Balaban J connectivity index is 1.61. The molecule has 0 radical (unpaired) electrons. The number of benzene rings is 3. The van der Waals surface area contributed by atoms with Crippen molar-refractivity contribution in [2.45, 2.75) is 32.6 Å². The molecule has 2 heterocycles. The highest BCUT2D eigenvalue weighted by molar-refractivity contribution is 6.02. The van der Waals surface area contributed by atoms with Gasteiger partial charge >= 0.3 is 0 Å². The van der Waals surface area contributed by atoms with Crippen molar-refractivity contribution >= 4 is 22.4 Å². The topological polar surface area (TPSA) is 116 Å². The molecule has 1 atom stereocenters. The number of aromatic nitrogens is 1. The Labute approximate surface area is 246 Å². The predicted octanol–water partition coefficient (Wildman–Crippen LogP) is 7.12. The summed E-state index contributed by atoms with van der Waals surface area (Å²) in [6.07, 6.45) is 0.592. The predicted molar refractivity (Wildman–Crippen MR) is 156 cm³/mol. The van der Waals surface area contributed by atoms with Gasteiger partial charge in [-0.2, -0.15) is 10.5 Å². The van der Waals surface area contributed by atoms with Gasteiger partial charge in [0.2, 0.25) is 5.88 Å². The van der Waals surface area contributed by atoms with Crippen LogP contribution in [0.3, 0.4) is 0 Å². The SMILES string of the molecule is CC1(C)CC(=O)C2=C(C1)N(c1ccc(F)c(F)c1)C(N)=C(C#N)C2c1cc2ccccc2nc1Oc1ccc(C#N)cc1. The molecule has 7 nitrogen and oxygen atoms in total. The van der Waals surface area contributed by atoms with Crippen LogP contribution in [-0.4, -0.2) is 10.8 Å². The van der Waals surface area contributed by atoms with Crippen LogP contribution >= 0.6 is 0 Å². The number of nitrogens with zero attached hydrogens (tertiary/aromatic N) is 4. The van der Waals surface area contributed by atoms with Gasteiger partial charge in [-0.25, -0.2) is 13.8 Å². The lowest BCUT2D eigenvalue weighted by molar-refractivity contribution is -0.118. The van der Waals surface area contributed by atoms with Crippen LogP contribution < -0.4 is 15.4 Å². The molecule has 6 rings (SSSR count). The van der Waals surface area contributed by atoms with Crippen LogP contribution in [0, 0.1) is 39.7 Å². The molecule has 2 aliphatic rings. The van der Waals surface area contributed by atoms with E-state index < -0.39 is 23.0 Å². The van der Waals surface area contributed by atoms with Crippen LogP contribution in [0.2, 0.25) is 0 Å². The van der Waals surface area contributed by atoms with Crippen molar-refractivity contribution in [3.63, 3.8) is 0 Å². The van der Waals surface area contributed by atoms with Gasteiger partial charge in [0, 0.05) is 34.7 Å². The molecule has 0 bridgehead atoms. The van der Waals surface area contributed by atoms with Gasteiger partial charge in [-0.05, 0) is 60.4 Å². The summed E-state index contributed by atoms with van der Waals surface area (Å²) in [5.41, 5.74) is 8.86. The number of hydrogen-bond acceptors (Lipinski definition) is 7. The molecule has 212 valence electrons. The summed E-state index contributed by atoms with van der Waals surface area (Å²) in [6, 6.07) is 23.4. The highest BCUT2D eigenvalue weighted by Gasteiger charge is 2.46. The number of Topliss-reactive ketones (excluding diaryl/α,β-unsaturated/α-hetero) is 1. The second kappa shape index (κ2) is 10.4. The van der Waals surface area contributed by atoms with Crippen LogP contribution in [0.1, 0.15) is 43.7 Å². The summed E-state index contributed by atoms with van der Waals surface area (Å²) in [5.74, 6) is -2.66. The third-order valence-electron chi connectivity index (χ3n) is 7.77. The van der Waals surface area contributed by atoms with Crippen molar-refractivity contribution in [3.8, 4) is 23.8 Å². The number of allylic oxidation sites excluding steroid dienone is 3. The van der Waals surface area contributed by atoms with Crippen molar-refractivity contribution in [1.82, 2.24) is 4.98 Å². The van der Waals surface area contributed by atoms with E-state index in [9.17, 15) is 24.1 Å². The highest BCUT2D eigenvalue weighted by Crippen LogP contribution is 2.52. The van der Waals surface area contributed by atoms with E-state index >= 15 is 0 Å². The lowest BCUT2D eigenvalue weighted by Gasteiger charge is -2.43. The van der Waals surface area contributed by atoms with E-state index in [-0.39, 0.29) is 35.2 Å². The van der Waals surface area contributed by atoms with E-state index in [1.165, 1.54) is 11.0 Å². The average Bonchev–Trinajstić information content (AvgIpc) is 2.97. The minimum atomic E-state index is -1.08. The van der Waals surface area contributed by atoms with Crippen molar-refractivity contribution in [3.05, 3.63) is 118 Å². The lowest BCUT2D eigenvalue weighted by atomic mass is 9.68. The largest absolute Gasteiger partial charge is 0.439 e. The normalized spacial score (nSPS) is 17.9. The van der Waals surface area contributed by atoms with Gasteiger partial charge in [0.15, 0.2) is 17.4 Å². The Morgan fingerprint density at radius 3 is 2.42 bits per heavy atom. The van der Waals surface area contributed by atoms with E-state index in [2.05, 4.69) is 12.1 Å². The molecule has 2 N–H and O–H groups in total. The number of ketones is 1. The fraction of sp³-hybridized carbons (Fsp3) is 0.176. The van der Waals surface area contributed by atoms with Crippen molar-refractivity contribution in [1.29, 1.82) is 10.5 Å². The smallest absolute Gasteiger partial charge is 0.224 e. The van der Waals surface area contributed by atoms with E-state index in [1.54, 1.807) is 24.3 Å². The number of halogens is 2. The first-order chi connectivity index (χ1) is 20.6. The molecular formula is C34H25F2N5O2. The number of rotatable bonds is 4. The molecule has 0 saturated carbocycles. The number of carbonyl (C=O) groups is 1. The number of ether oxygens (including phenoxy) is 1. The number of nitrogens with two attached hydrogens (primary N) is 1. The molecule has 43 heavy (non-hydrogen) atoms. The van der Waals surface area contributed by atoms with E-state index in [0.29, 0.717) is 40.1 Å². The van der Waals surface area contributed by atoms with Crippen LogP contribution in [-0.2, 0) is 4.79 Å². The summed E-state index contributed by atoms with van der Waals surface area (Å²) in [6.45, 7) is 3.90. The zero-order valence-electron chi connectivity index (χ0n) is 23.4. The zero-order chi connectivity index (χ0) is 30.5. The second-order valence-electron chi connectivity index (χ2n) is 11.4. The number of fused-ring (bicyclic) bond motifs is 1. The quantitative estimate of drug-likeness (QED) is 0.276. The monoisotopic (exact) mass is 573 g/mol. The Bertz CT molecular complexity index is 1970. The first-order valence-electron chi connectivity index (χ1n) is 13.6. The maximum Gasteiger partial charge on any atom is 0.224 e. The van der Waals surface area contributed by atoms with Gasteiger partial charge in [0.25, 0.3) is 0 Å². The summed E-state index contributed by atoms with van der Waals surface area (Å²) >= 11 is 0. The molecule has 1 unspecified atom stereocenters. The average molecular weight is 574 g/mol. The van der Waals surface area contributed by atoms with Gasteiger partial charge in [-0.15, -0.1) is 0 Å². The summed E-state index contributed by atoms with van der Waals surface area (Å²) in [5, 5.41) is 20.5. The fourth-order valence-electron chi connectivity index (χ4n) is 5.85. The minimum absolute atomic E-state index is 0.000222. The summed E-state index contributed by atoms with van der Waals surface area (Å²) in [7, 11) is 0. The Kier molecular flexibility index (Phi) is 6.67. The number of pyridine rings is 1. The molecule has 1 aromatic heterocycles. The van der Waals surface area contributed by atoms with Crippen LogP contribution in [0.5, 0.6) is 11.6 Å².